The van der Waals surface area contributed by atoms with Crippen molar-refractivity contribution in [3.63, 3.8) is 0 Å². The van der Waals surface area contributed by atoms with E-state index >= 15 is 0 Å². The largest absolute Gasteiger partial charge is 0.368 e. The van der Waals surface area contributed by atoms with Crippen LogP contribution in [0.1, 0.15) is 5.56 Å². The summed E-state index contributed by atoms with van der Waals surface area (Å²) in [5.74, 6) is -0.0931. The number of nitrogens with one attached hydrogen (secondary N) is 1. The van der Waals surface area contributed by atoms with Crippen LogP contribution in [0.15, 0.2) is 48.8 Å². The van der Waals surface area contributed by atoms with E-state index in [0.29, 0.717) is 19.5 Å². The van der Waals surface area contributed by atoms with Crippen LogP contribution >= 0.6 is 0 Å². The van der Waals surface area contributed by atoms with Crippen molar-refractivity contribution in [2.75, 3.05) is 31.1 Å². The van der Waals surface area contributed by atoms with Crippen LogP contribution in [-0.2, 0) is 11.2 Å². The fourth-order valence-electron chi connectivity index (χ4n) is 3.25. The number of nitrogens with zero attached hydrogens (tertiary/aromatic N) is 3. The minimum Gasteiger partial charge on any atom is -0.368 e. The molecule has 2 aromatic carbocycles. The number of fused-ring (bicyclic) bond motifs is 1. The van der Waals surface area contributed by atoms with Gasteiger partial charge in [-0.2, -0.15) is 0 Å². The van der Waals surface area contributed by atoms with Crippen LogP contribution in [0.3, 0.4) is 0 Å². The number of hydrogen-bond acceptors (Lipinski definition) is 3. The van der Waals surface area contributed by atoms with Crippen LogP contribution in [0.25, 0.3) is 11.0 Å². The summed E-state index contributed by atoms with van der Waals surface area (Å²) in [6, 6.07) is 12.4. The van der Waals surface area contributed by atoms with E-state index < -0.39 is 0 Å². The number of anilines is 1. The van der Waals surface area contributed by atoms with Crippen LogP contribution in [-0.4, -0.2) is 47.0 Å². The molecular weight excluding hydrogens is 319 g/mol. The molecule has 0 atom stereocenters. The molecule has 0 unspecified atom stereocenters. The van der Waals surface area contributed by atoms with E-state index in [2.05, 4.69) is 14.9 Å². The van der Waals surface area contributed by atoms with Gasteiger partial charge in [-0.05, 0) is 42.0 Å². The van der Waals surface area contributed by atoms with Gasteiger partial charge in [0.15, 0.2) is 0 Å². The molecule has 4 rings (SSSR count). The van der Waals surface area contributed by atoms with E-state index in [-0.39, 0.29) is 11.7 Å². The Morgan fingerprint density at radius 2 is 1.84 bits per heavy atom. The molecule has 1 aliphatic rings. The first kappa shape index (κ1) is 15.6. The van der Waals surface area contributed by atoms with Crippen molar-refractivity contribution in [1.29, 1.82) is 0 Å². The van der Waals surface area contributed by atoms with E-state index in [1.165, 1.54) is 12.1 Å². The average molecular weight is 338 g/mol. The van der Waals surface area contributed by atoms with Crippen molar-refractivity contribution >= 4 is 22.6 Å². The first-order valence-corrected chi connectivity index (χ1v) is 8.39. The van der Waals surface area contributed by atoms with Crippen LogP contribution in [0.5, 0.6) is 0 Å². The van der Waals surface area contributed by atoms with Gasteiger partial charge in [0.25, 0.3) is 0 Å². The number of amides is 1. The molecule has 1 aliphatic heterocycles. The predicted molar refractivity (Wildman–Crippen MR) is 95.0 cm³/mol. The van der Waals surface area contributed by atoms with Gasteiger partial charge < -0.3 is 14.8 Å². The quantitative estimate of drug-likeness (QED) is 0.799. The summed E-state index contributed by atoms with van der Waals surface area (Å²) in [4.78, 5) is 23.9. The number of aromatic amines is 1. The Labute approximate surface area is 145 Å². The Balaban J connectivity index is 1.36. The normalized spacial score (nSPS) is 14.9. The summed E-state index contributed by atoms with van der Waals surface area (Å²) in [5.41, 5.74) is 3.84. The van der Waals surface area contributed by atoms with Crippen molar-refractivity contribution in [3.05, 3.63) is 60.2 Å². The fourth-order valence-corrected chi connectivity index (χ4v) is 3.25. The second-order valence-corrected chi connectivity index (χ2v) is 6.28. The number of halogens is 1. The monoisotopic (exact) mass is 338 g/mol. The summed E-state index contributed by atoms with van der Waals surface area (Å²) in [6.45, 7) is 2.89. The molecule has 1 aromatic heterocycles. The topological polar surface area (TPSA) is 52.2 Å². The van der Waals surface area contributed by atoms with Gasteiger partial charge in [-0.25, -0.2) is 9.37 Å². The Morgan fingerprint density at radius 3 is 2.60 bits per heavy atom. The third-order valence-corrected chi connectivity index (χ3v) is 4.66. The number of rotatable bonds is 3. The molecule has 128 valence electrons. The highest BCUT2D eigenvalue weighted by Crippen LogP contribution is 2.18. The van der Waals surface area contributed by atoms with Crippen molar-refractivity contribution in [1.82, 2.24) is 14.9 Å². The number of H-pyrrole nitrogens is 1. The van der Waals surface area contributed by atoms with Gasteiger partial charge in [0.1, 0.15) is 5.82 Å². The lowest BCUT2D eigenvalue weighted by Crippen LogP contribution is -2.49. The highest BCUT2D eigenvalue weighted by Gasteiger charge is 2.21. The number of imidazole rings is 1. The smallest absolute Gasteiger partial charge is 0.227 e. The molecule has 3 aromatic rings. The van der Waals surface area contributed by atoms with Gasteiger partial charge in [0, 0.05) is 31.9 Å². The minimum absolute atomic E-state index is 0.137. The van der Waals surface area contributed by atoms with Gasteiger partial charge in [0.2, 0.25) is 5.91 Å². The van der Waals surface area contributed by atoms with Crippen molar-refractivity contribution < 1.29 is 9.18 Å². The average Bonchev–Trinajstić information content (AvgIpc) is 3.10. The molecule has 1 saturated heterocycles. The molecule has 2 heterocycles. The Kier molecular flexibility index (Phi) is 4.09. The number of benzene rings is 2. The summed E-state index contributed by atoms with van der Waals surface area (Å²) >= 11 is 0. The summed E-state index contributed by atoms with van der Waals surface area (Å²) < 4.78 is 13.0. The van der Waals surface area contributed by atoms with Gasteiger partial charge in [-0.1, -0.05) is 6.07 Å². The van der Waals surface area contributed by atoms with E-state index in [0.717, 1.165) is 35.4 Å². The predicted octanol–water partition coefficient (Wildman–Crippen LogP) is 2.59. The second-order valence-electron chi connectivity index (χ2n) is 6.28. The zero-order chi connectivity index (χ0) is 17.2. The number of carbonyl (C=O) groups is 1. The van der Waals surface area contributed by atoms with E-state index in [1.807, 2.05) is 23.1 Å². The highest BCUT2D eigenvalue weighted by atomic mass is 19.1. The van der Waals surface area contributed by atoms with Gasteiger partial charge in [0.05, 0.1) is 23.8 Å². The molecule has 5 nitrogen and oxygen atoms in total. The third kappa shape index (κ3) is 3.33. The Bertz CT molecular complexity index is 882. The van der Waals surface area contributed by atoms with Gasteiger partial charge in [-0.15, -0.1) is 0 Å². The SMILES string of the molecule is O=C(Cc1ccc2nc[nH]c2c1)N1CCN(c2ccc(F)cc2)CC1. The highest BCUT2D eigenvalue weighted by molar-refractivity contribution is 5.81. The van der Waals surface area contributed by atoms with E-state index in [9.17, 15) is 9.18 Å². The zero-order valence-electron chi connectivity index (χ0n) is 13.8. The number of aromatic nitrogens is 2. The van der Waals surface area contributed by atoms with Crippen LogP contribution < -0.4 is 4.90 Å². The third-order valence-electron chi connectivity index (χ3n) is 4.66. The van der Waals surface area contributed by atoms with Crippen LogP contribution in [0, 0.1) is 5.82 Å². The molecule has 0 spiro atoms. The molecule has 0 bridgehead atoms. The Morgan fingerprint density at radius 1 is 1.08 bits per heavy atom. The van der Waals surface area contributed by atoms with Gasteiger partial charge in [-0.3, -0.25) is 4.79 Å². The van der Waals surface area contributed by atoms with Crippen molar-refractivity contribution in [2.45, 2.75) is 6.42 Å². The molecule has 6 heteroatoms. The second kappa shape index (κ2) is 6.55. The number of hydrogen-bond donors (Lipinski definition) is 1. The first-order chi connectivity index (χ1) is 12.2. The van der Waals surface area contributed by atoms with Crippen LogP contribution in [0.2, 0.25) is 0 Å². The maximum Gasteiger partial charge on any atom is 0.227 e. The molecule has 1 amide bonds. The molecule has 0 saturated carbocycles. The molecule has 25 heavy (non-hydrogen) atoms. The molecular formula is C19H19FN4O. The van der Waals surface area contributed by atoms with E-state index in [4.69, 9.17) is 0 Å². The molecule has 0 radical (unpaired) electrons. The summed E-state index contributed by atoms with van der Waals surface area (Å²) in [5, 5.41) is 0. The molecule has 0 aliphatic carbocycles. The summed E-state index contributed by atoms with van der Waals surface area (Å²) in [6.07, 6.45) is 2.05. The Hall–Kier alpha value is -2.89. The lowest BCUT2D eigenvalue weighted by molar-refractivity contribution is -0.130. The molecule has 1 N–H and O–H groups in total. The minimum atomic E-state index is -0.230. The first-order valence-electron chi connectivity index (χ1n) is 8.39. The van der Waals surface area contributed by atoms with Gasteiger partial charge >= 0.3 is 0 Å². The molecule has 1 fully saturated rings. The van der Waals surface area contributed by atoms with Crippen LogP contribution in [0.4, 0.5) is 10.1 Å². The van der Waals surface area contributed by atoms with E-state index in [1.54, 1.807) is 18.5 Å². The maximum absolute atomic E-state index is 13.0. The number of carbonyl (C=O) groups excluding carboxylic acids is 1. The van der Waals surface area contributed by atoms with Crippen molar-refractivity contribution in [2.24, 2.45) is 0 Å². The number of piperazine rings is 1. The standard InChI is InChI=1S/C19H19FN4O/c20-15-2-4-16(5-3-15)23-7-9-24(10-8-23)19(25)12-14-1-6-17-18(11-14)22-13-21-17/h1-6,11,13H,7-10,12H2,(H,21,22). The maximum atomic E-state index is 13.0. The van der Waals surface area contributed by atoms with Crippen molar-refractivity contribution in [3.8, 4) is 0 Å². The summed E-state index contributed by atoms with van der Waals surface area (Å²) in [7, 11) is 0. The zero-order valence-corrected chi connectivity index (χ0v) is 13.8. The fraction of sp³-hybridized carbons (Fsp3) is 0.263. The lowest BCUT2D eigenvalue weighted by Gasteiger charge is -2.36. The lowest BCUT2D eigenvalue weighted by atomic mass is 10.1.